The third kappa shape index (κ3) is 2.91. The van der Waals surface area contributed by atoms with Crippen LogP contribution >= 0.6 is 24.1 Å². The molecule has 0 saturated carbocycles. The normalized spacial score (nSPS) is 15.3. The molecule has 2 aliphatic heterocycles. The van der Waals surface area contributed by atoms with Gasteiger partial charge in [-0.3, -0.25) is 29.0 Å². The largest absolute Gasteiger partial charge is 0.330 e. The Morgan fingerprint density at radius 2 is 0.763 bits per heavy atom. The van der Waals surface area contributed by atoms with Gasteiger partial charge in [0.25, 0.3) is 23.6 Å². The van der Waals surface area contributed by atoms with Crippen LogP contribution in [0.3, 0.4) is 0 Å². The van der Waals surface area contributed by atoms with Gasteiger partial charge in [-0.1, -0.05) is 24.3 Å². The van der Waals surface area contributed by atoms with Crippen molar-refractivity contribution in [3.8, 4) is 0 Å². The van der Waals surface area contributed by atoms with Gasteiger partial charge >= 0.3 is 0 Å². The third-order valence-electron chi connectivity index (χ3n) is 7.62. The van der Waals surface area contributed by atoms with Crippen molar-refractivity contribution in [2.24, 2.45) is 0 Å². The molecule has 2 heterocycles. The second kappa shape index (κ2) is 8.40. The molecule has 38 heavy (non-hydrogen) atoms. The number of amides is 4. The van der Waals surface area contributed by atoms with Crippen LogP contribution in [0.15, 0.2) is 48.5 Å². The van der Waals surface area contributed by atoms with E-state index in [1.54, 1.807) is 24.3 Å². The molecule has 4 amide bonds. The van der Waals surface area contributed by atoms with Crippen molar-refractivity contribution in [3.63, 3.8) is 0 Å². The fourth-order valence-corrected chi connectivity index (χ4v) is 6.57. The Labute approximate surface area is 223 Å². The minimum Gasteiger partial charge on any atom is -0.330 e. The fourth-order valence-electron chi connectivity index (χ4n) is 6.04. The van der Waals surface area contributed by atoms with Gasteiger partial charge in [-0.25, -0.2) is 0 Å². The molecule has 0 saturated heterocycles. The first-order valence-electron chi connectivity index (χ1n) is 11.9. The molecule has 5 aromatic rings. The Hall–Kier alpha value is -3.70. The zero-order chi connectivity index (χ0) is 26.3. The lowest BCUT2D eigenvalue weighted by Gasteiger charge is -2.30. The van der Waals surface area contributed by atoms with Crippen LogP contribution in [0.2, 0.25) is 0 Å². The minimum atomic E-state index is -0.395. The second-order valence-electron chi connectivity index (χ2n) is 9.33. The van der Waals surface area contributed by atoms with Gasteiger partial charge in [0.05, 0.1) is 0 Å². The van der Waals surface area contributed by atoms with Crippen molar-refractivity contribution in [2.75, 3.05) is 24.6 Å². The molecule has 0 spiro atoms. The maximum Gasteiger partial charge on any atom is 0.261 e. The molecular weight excluding hydrogens is 524 g/mol. The number of rotatable bonds is 6. The first-order chi connectivity index (χ1) is 18.5. The quantitative estimate of drug-likeness (QED) is 0.128. The molecule has 5 aromatic carbocycles. The summed E-state index contributed by atoms with van der Waals surface area (Å²) < 4.78 is 18.3. The van der Waals surface area contributed by atoms with Crippen molar-refractivity contribution in [1.29, 1.82) is 0 Å². The topological polar surface area (TPSA) is 115 Å². The number of carbonyl (C=O) groups excluding carboxylic acids is 4. The first kappa shape index (κ1) is 23.4. The summed E-state index contributed by atoms with van der Waals surface area (Å²) in [5.41, 5.74) is 1.72. The highest BCUT2D eigenvalue weighted by atomic mass is 32.2. The van der Waals surface area contributed by atoms with E-state index in [-0.39, 0.29) is 24.6 Å². The number of benzene rings is 5. The predicted molar refractivity (Wildman–Crippen MR) is 149 cm³/mol. The van der Waals surface area contributed by atoms with Crippen LogP contribution in [0.25, 0.3) is 43.1 Å². The zero-order valence-electron chi connectivity index (χ0n) is 19.7. The molecule has 0 aliphatic carbocycles. The maximum absolute atomic E-state index is 13.3. The van der Waals surface area contributed by atoms with Gasteiger partial charge in [0, 0.05) is 57.6 Å². The molecule has 0 fully saturated rings. The highest BCUT2D eigenvalue weighted by Crippen LogP contribution is 2.46. The van der Waals surface area contributed by atoms with Crippen LogP contribution in [-0.4, -0.2) is 67.1 Å². The Morgan fingerprint density at radius 1 is 0.474 bits per heavy atom. The molecule has 188 valence electrons. The predicted octanol–water partition coefficient (Wildman–Crippen LogP) is 5.34. The van der Waals surface area contributed by atoms with Gasteiger partial charge in [0.15, 0.2) is 0 Å². The van der Waals surface area contributed by atoms with E-state index < -0.39 is 23.6 Å². The van der Waals surface area contributed by atoms with E-state index in [0.29, 0.717) is 57.1 Å². The smallest absolute Gasteiger partial charge is 0.261 e. The highest BCUT2D eigenvalue weighted by molar-refractivity contribution is 7.93. The average molecular weight is 543 g/mol. The molecule has 2 aliphatic rings. The molecule has 7 rings (SSSR count). The Morgan fingerprint density at radius 3 is 1.03 bits per heavy atom. The highest BCUT2D eigenvalue weighted by Gasteiger charge is 2.36. The third-order valence-corrected chi connectivity index (χ3v) is 8.35. The van der Waals surface area contributed by atoms with Crippen LogP contribution < -0.4 is 0 Å². The number of hydrogen-bond donors (Lipinski definition) is 2. The Balaban J connectivity index is 1.55. The lowest BCUT2D eigenvalue weighted by molar-refractivity contribution is 0.0605. The molecule has 8 nitrogen and oxygen atoms in total. The van der Waals surface area contributed by atoms with Gasteiger partial charge in [0.2, 0.25) is 0 Å². The Kier molecular flexibility index (Phi) is 5.18. The second-order valence-corrected chi connectivity index (χ2v) is 10.7. The van der Waals surface area contributed by atoms with Gasteiger partial charge in [0.1, 0.15) is 0 Å². The van der Waals surface area contributed by atoms with Crippen molar-refractivity contribution in [3.05, 3.63) is 70.8 Å². The Bertz CT molecular complexity index is 1640. The van der Waals surface area contributed by atoms with Crippen LogP contribution in [-0.2, 0) is 0 Å². The van der Waals surface area contributed by atoms with Gasteiger partial charge in [-0.2, -0.15) is 0 Å². The van der Waals surface area contributed by atoms with Crippen molar-refractivity contribution in [1.82, 2.24) is 9.80 Å². The average Bonchev–Trinajstić information content (AvgIpc) is 2.93. The molecule has 0 bridgehead atoms. The molecule has 0 radical (unpaired) electrons. The van der Waals surface area contributed by atoms with Crippen LogP contribution in [0, 0.1) is 0 Å². The fraction of sp³-hybridized carbons (Fsp3) is 0.143. The van der Waals surface area contributed by atoms with Crippen LogP contribution in [0.1, 0.15) is 41.4 Å². The summed E-state index contributed by atoms with van der Waals surface area (Å²) in [6.07, 6.45) is 0. The summed E-state index contributed by atoms with van der Waals surface area (Å²) in [4.78, 5) is 55.6. The van der Waals surface area contributed by atoms with Crippen LogP contribution in [0.4, 0.5) is 0 Å². The summed E-state index contributed by atoms with van der Waals surface area (Å²) in [7, 11) is 0. The standard InChI is InChI=1S/C28H18N2O6S2/c31-25-17-5-1-13-14-2-6-19-24-20(28(34)30(27(19)33)10-12-38-36)8-4-16(22(14)24)15-3-7-18(23(17)21(13)15)26(32)29(25)9-11-37-35/h1-8,35-36H,9-12H2. The lowest BCUT2D eigenvalue weighted by atomic mass is 9.82. The number of carbonyl (C=O) groups is 4. The van der Waals surface area contributed by atoms with Gasteiger partial charge in [-0.05, 0) is 80.7 Å². The first-order valence-corrected chi connectivity index (χ1v) is 13.8. The van der Waals surface area contributed by atoms with E-state index in [4.69, 9.17) is 9.11 Å². The number of hydrogen-bond acceptors (Lipinski definition) is 8. The van der Waals surface area contributed by atoms with Gasteiger partial charge < -0.3 is 9.11 Å². The van der Waals surface area contributed by atoms with Gasteiger partial charge in [-0.15, -0.1) is 0 Å². The monoisotopic (exact) mass is 542 g/mol. The van der Waals surface area contributed by atoms with E-state index in [1.165, 1.54) is 9.80 Å². The molecule has 0 aromatic heterocycles. The summed E-state index contributed by atoms with van der Waals surface area (Å²) >= 11 is 1.17. The van der Waals surface area contributed by atoms with E-state index in [9.17, 15) is 19.2 Å². The van der Waals surface area contributed by atoms with E-state index in [1.807, 2.05) is 24.3 Å². The number of fused-ring (bicyclic) bond motifs is 2. The van der Waals surface area contributed by atoms with Crippen LogP contribution in [0.5, 0.6) is 0 Å². The number of imide groups is 2. The summed E-state index contributed by atoms with van der Waals surface area (Å²) in [5.74, 6) is -1.13. The van der Waals surface area contributed by atoms with Crippen molar-refractivity contribution < 1.29 is 28.3 Å². The van der Waals surface area contributed by atoms with Crippen molar-refractivity contribution in [2.45, 2.75) is 0 Å². The summed E-state index contributed by atoms with van der Waals surface area (Å²) in [6.45, 7) is 0.208. The SMILES string of the molecule is O=C1c2ccc3c4ccc5c6c(ccc(c7ccc(c2c37)C(=O)N1CCSO)c64)C(=O)N(CCSO)C5=O. The van der Waals surface area contributed by atoms with Crippen molar-refractivity contribution >= 4 is 90.8 Å². The zero-order valence-corrected chi connectivity index (χ0v) is 21.3. The maximum atomic E-state index is 13.3. The molecule has 0 atom stereocenters. The summed E-state index contributed by atoms with van der Waals surface area (Å²) in [6, 6.07) is 14.4. The molecule has 10 heteroatoms. The molecule has 0 unspecified atom stereocenters. The summed E-state index contributed by atoms with van der Waals surface area (Å²) in [5, 5.41) is 6.11. The molecule has 2 N–H and O–H groups in total. The minimum absolute atomic E-state index is 0.104. The van der Waals surface area contributed by atoms with E-state index in [2.05, 4.69) is 0 Å². The number of nitrogens with zero attached hydrogens (tertiary/aromatic N) is 2. The lowest BCUT2D eigenvalue weighted by Crippen LogP contribution is -2.41. The van der Waals surface area contributed by atoms with E-state index >= 15 is 0 Å². The molecular formula is C28H18N2O6S2. The van der Waals surface area contributed by atoms with E-state index in [0.717, 1.165) is 32.3 Å².